The zero-order valence-electron chi connectivity index (χ0n) is 50.7. The predicted molar refractivity (Wildman–Crippen MR) is 330 cm³/mol. The molecule has 9 amide bonds. The van der Waals surface area contributed by atoms with Crippen LogP contribution in [0.5, 0.6) is 0 Å². The fourth-order valence-electron chi connectivity index (χ4n) is 12.3. The standard InChI is InChI=1S/C66H88N12O9/c1-5-51(67-3)60(81)75-58-47(42-69-40-44-22-14-11-15-23-44)30-32-50-35-37-54(78(50)65(58)86)63(84)74-57(46-26-18-13-19-27-46)64(85)71-39-38-70-55(79)28-20-9-7-8-10-21-29-56(80)72-43-48-31-33-49-34-36-53(62(83)73-41-45-24-16-12-17-25-45)77(49)66(87)59(48)76-61(82)52(6-2)68-4/h11-19,22-27,47-54,57-59,67-69H,5-6,20-21,28-43H2,1-4H3,(H,70,79)(H,71,85)(H,72,80)(H,73,83)(H,74,84)(H,75,81)(H,76,82)/t47-,48-,49+,50+,51+,52+,53+,54+,57+,58+,59+/m1/s1. The van der Waals surface area contributed by atoms with Gasteiger partial charge in [-0.3, -0.25) is 43.2 Å². The van der Waals surface area contributed by atoms with Crippen LogP contribution in [-0.2, 0) is 56.2 Å². The molecule has 0 unspecified atom stereocenters. The quantitative estimate of drug-likeness (QED) is 0.0371. The van der Waals surface area contributed by atoms with E-state index >= 15 is 0 Å². The van der Waals surface area contributed by atoms with Gasteiger partial charge in [-0.2, -0.15) is 0 Å². The van der Waals surface area contributed by atoms with Crippen molar-refractivity contribution in [3.8, 4) is 23.7 Å². The van der Waals surface area contributed by atoms with Gasteiger partial charge in [-0.15, -0.1) is 0 Å². The Balaban J connectivity index is 0.844. The van der Waals surface area contributed by atoms with Gasteiger partial charge in [0.1, 0.15) is 30.2 Å². The van der Waals surface area contributed by atoms with Gasteiger partial charge in [0.25, 0.3) is 0 Å². The molecule has 4 saturated heterocycles. The number of amides is 9. The molecule has 10 N–H and O–H groups in total. The summed E-state index contributed by atoms with van der Waals surface area (Å²) in [6.45, 7) is 5.50. The van der Waals surface area contributed by atoms with Gasteiger partial charge in [0.2, 0.25) is 53.2 Å². The molecule has 87 heavy (non-hydrogen) atoms. The summed E-state index contributed by atoms with van der Waals surface area (Å²) >= 11 is 0. The van der Waals surface area contributed by atoms with Crippen LogP contribution in [0.4, 0.5) is 0 Å². The van der Waals surface area contributed by atoms with Crippen LogP contribution in [0.3, 0.4) is 0 Å². The van der Waals surface area contributed by atoms with Crippen LogP contribution in [0.2, 0.25) is 0 Å². The number of carbonyl (C=O) groups is 9. The number of hydrogen-bond donors (Lipinski definition) is 10. The first-order chi connectivity index (χ1) is 42.2. The zero-order valence-corrected chi connectivity index (χ0v) is 50.7. The van der Waals surface area contributed by atoms with Crippen molar-refractivity contribution in [2.75, 3.05) is 40.3 Å². The second-order valence-corrected chi connectivity index (χ2v) is 22.9. The molecule has 3 aromatic rings. The highest BCUT2D eigenvalue weighted by Crippen LogP contribution is 2.36. The average molecular weight is 1190 g/mol. The summed E-state index contributed by atoms with van der Waals surface area (Å²) in [5.41, 5.74) is 2.58. The second-order valence-electron chi connectivity index (χ2n) is 22.9. The number of fused-ring (bicyclic) bond motifs is 2. The van der Waals surface area contributed by atoms with E-state index in [-0.39, 0.29) is 105 Å². The van der Waals surface area contributed by atoms with Gasteiger partial charge < -0.3 is 63.0 Å². The second kappa shape index (κ2) is 34.3. The van der Waals surface area contributed by atoms with E-state index in [9.17, 15) is 43.2 Å². The molecule has 4 heterocycles. The van der Waals surface area contributed by atoms with Crippen molar-refractivity contribution in [1.82, 2.24) is 63.0 Å². The minimum absolute atomic E-state index is 0.0680. The molecule has 4 aliphatic rings. The van der Waals surface area contributed by atoms with Crippen LogP contribution in [0.25, 0.3) is 0 Å². The molecule has 4 fully saturated rings. The number of nitrogens with zero attached hydrogens (tertiary/aromatic N) is 2. The van der Waals surface area contributed by atoms with E-state index in [0.717, 1.165) is 11.1 Å². The first-order valence-electron chi connectivity index (χ1n) is 31.0. The van der Waals surface area contributed by atoms with Gasteiger partial charge in [-0.05, 0) is 107 Å². The Morgan fingerprint density at radius 2 is 0.977 bits per heavy atom. The summed E-state index contributed by atoms with van der Waals surface area (Å²) in [6.07, 6.45) is 6.29. The SMILES string of the molecule is CC[C@H](NC)C(=O)N[C@@H]1C(=O)N2[C@@H](CC[C@@H]1CNC(=O)CCC#CC#CCCC(=O)NCCNC(=O)[C@@H](NC(=O)[C@@H]1CC[C@@H]3CC[C@H](CNCc4ccccc4)[C@H](NC(=O)[C@H](CC)NC)C(=O)N31)c1ccccc1)CC[C@H]2C(=O)NCc1ccccc1. The molecule has 4 aliphatic heterocycles. The number of nitrogens with one attached hydrogen (secondary N) is 10. The molecule has 0 radical (unpaired) electrons. The third-order valence-electron chi connectivity index (χ3n) is 17.1. The van der Waals surface area contributed by atoms with Crippen molar-refractivity contribution in [3.63, 3.8) is 0 Å². The lowest BCUT2D eigenvalue weighted by Gasteiger charge is -2.33. The Hall–Kier alpha value is -8.11. The van der Waals surface area contributed by atoms with Gasteiger partial charge in [0.15, 0.2) is 0 Å². The van der Waals surface area contributed by atoms with Crippen LogP contribution in [-0.4, -0.2) is 152 Å². The Labute approximate surface area is 512 Å². The van der Waals surface area contributed by atoms with Crippen molar-refractivity contribution in [1.29, 1.82) is 0 Å². The van der Waals surface area contributed by atoms with Crippen molar-refractivity contribution < 1.29 is 43.2 Å². The lowest BCUT2D eigenvalue weighted by molar-refractivity contribution is -0.144. The molecule has 7 rings (SSSR count). The molecule has 0 saturated carbocycles. The number of benzene rings is 3. The summed E-state index contributed by atoms with van der Waals surface area (Å²) < 4.78 is 0. The summed E-state index contributed by atoms with van der Waals surface area (Å²) in [6, 6.07) is 22.5. The van der Waals surface area contributed by atoms with Gasteiger partial charge in [-0.1, -0.05) is 117 Å². The van der Waals surface area contributed by atoms with Crippen LogP contribution < -0.4 is 53.2 Å². The summed E-state index contributed by atoms with van der Waals surface area (Å²) in [5, 5.41) is 30.0. The van der Waals surface area contributed by atoms with Crippen molar-refractivity contribution in [2.24, 2.45) is 11.8 Å². The van der Waals surface area contributed by atoms with E-state index in [1.807, 2.05) is 74.5 Å². The molecule has 21 heteroatoms. The van der Waals surface area contributed by atoms with E-state index in [4.69, 9.17) is 0 Å². The van der Waals surface area contributed by atoms with Gasteiger partial charge in [-0.25, -0.2) is 0 Å². The molecule has 466 valence electrons. The number of carbonyl (C=O) groups excluding carboxylic acids is 9. The number of hydrogen-bond acceptors (Lipinski definition) is 12. The molecule has 0 aromatic heterocycles. The van der Waals surface area contributed by atoms with E-state index < -0.39 is 60.0 Å². The zero-order chi connectivity index (χ0) is 62.1. The van der Waals surface area contributed by atoms with Crippen molar-refractivity contribution in [2.45, 2.75) is 171 Å². The monoisotopic (exact) mass is 1190 g/mol. The molecule has 11 atom stereocenters. The third kappa shape index (κ3) is 18.9. The predicted octanol–water partition coefficient (Wildman–Crippen LogP) is 2.37. The molecule has 21 nitrogen and oxygen atoms in total. The Morgan fingerprint density at radius 1 is 0.517 bits per heavy atom. The third-order valence-corrected chi connectivity index (χ3v) is 17.1. The van der Waals surface area contributed by atoms with Crippen LogP contribution >= 0.6 is 0 Å². The number of likely N-dealkylation sites (N-methyl/N-ethyl adjacent to an activating group) is 2. The van der Waals surface area contributed by atoms with Crippen molar-refractivity contribution >= 4 is 53.2 Å². The summed E-state index contributed by atoms with van der Waals surface area (Å²) in [7, 11) is 3.39. The van der Waals surface area contributed by atoms with E-state index in [1.54, 1.807) is 54.2 Å². The largest absolute Gasteiger partial charge is 0.356 e. The fourth-order valence-corrected chi connectivity index (χ4v) is 12.3. The molecule has 3 aromatic carbocycles. The van der Waals surface area contributed by atoms with Crippen LogP contribution in [0.15, 0.2) is 91.0 Å². The maximum atomic E-state index is 14.7. The first kappa shape index (κ1) is 66.4. The first-order valence-corrected chi connectivity index (χ1v) is 31.0. The normalized spacial score (nSPS) is 22.3. The lowest BCUT2D eigenvalue weighted by atomic mass is 9.92. The van der Waals surface area contributed by atoms with Crippen molar-refractivity contribution in [3.05, 3.63) is 108 Å². The molecular formula is C66H88N12O9. The highest BCUT2D eigenvalue weighted by molar-refractivity contribution is 5.97. The lowest BCUT2D eigenvalue weighted by Crippen LogP contribution is -2.59. The van der Waals surface area contributed by atoms with E-state index in [1.165, 1.54) is 0 Å². The minimum Gasteiger partial charge on any atom is -0.356 e. The van der Waals surface area contributed by atoms with E-state index in [0.29, 0.717) is 89.4 Å². The van der Waals surface area contributed by atoms with Gasteiger partial charge in [0.05, 0.1) is 12.1 Å². The van der Waals surface area contributed by atoms with Crippen LogP contribution in [0.1, 0.15) is 126 Å². The Morgan fingerprint density at radius 3 is 1.49 bits per heavy atom. The molecule has 0 aliphatic carbocycles. The summed E-state index contributed by atoms with van der Waals surface area (Å²) in [5.74, 6) is 7.54. The molecule has 0 bridgehead atoms. The smallest absolute Gasteiger partial charge is 0.247 e. The molecular weight excluding hydrogens is 1100 g/mol. The summed E-state index contributed by atoms with van der Waals surface area (Å²) in [4.78, 5) is 127. The number of rotatable bonds is 28. The Bertz CT molecular complexity index is 2940. The van der Waals surface area contributed by atoms with Gasteiger partial charge in [0, 0.05) is 88.9 Å². The average Bonchev–Trinajstić information content (AvgIpc) is 2.53. The van der Waals surface area contributed by atoms with Gasteiger partial charge >= 0.3 is 0 Å². The molecule has 0 spiro atoms. The Kier molecular flexibility index (Phi) is 26.2. The fraction of sp³-hybridized carbons (Fsp3) is 0.530. The highest BCUT2D eigenvalue weighted by Gasteiger charge is 2.50. The van der Waals surface area contributed by atoms with E-state index in [2.05, 4.69) is 76.8 Å². The maximum absolute atomic E-state index is 14.7. The topological polar surface area (TPSA) is 280 Å². The maximum Gasteiger partial charge on any atom is 0.247 e. The minimum atomic E-state index is -1.10. The highest BCUT2D eigenvalue weighted by atomic mass is 16.2. The van der Waals surface area contributed by atoms with Crippen LogP contribution in [0, 0.1) is 35.5 Å².